The minimum atomic E-state index is -0.448. The van der Waals surface area contributed by atoms with Crippen molar-refractivity contribution in [2.24, 2.45) is 5.73 Å². The molecule has 0 spiro atoms. The fourth-order valence-corrected chi connectivity index (χ4v) is 2.94. The maximum atomic E-state index is 13.3. The summed E-state index contributed by atoms with van der Waals surface area (Å²) < 4.78 is 0. The van der Waals surface area contributed by atoms with Crippen LogP contribution in [0.25, 0.3) is 0 Å². The Morgan fingerprint density at radius 1 is 0.933 bits per heavy atom. The Kier molecular flexibility index (Phi) is 6.44. The van der Waals surface area contributed by atoms with Crippen LogP contribution < -0.4 is 21.7 Å². The van der Waals surface area contributed by atoms with Crippen molar-refractivity contribution in [1.82, 2.24) is 5.32 Å². The second-order valence-electron chi connectivity index (χ2n) is 6.70. The Hall–Kier alpha value is -4.13. The molecule has 3 aromatic carbocycles. The van der Waals surface area contributed by atoms with Crippen LogP contribution in [0.15, 0.2) is 78.9 Å². The highest BCUT2D eigenvalue weighted by atomic mass is 16.2. The zero-order valence-corrected chi connectivity index (χ0v) is 16.3. The molecule has 7 heteroatoms. The van der Waals surface area contributed by atoms with Gasteiger partial charge in [-0.25, -0.2) is 0 Å². The lowest BCUT2D eigenvalue weighted by molar-refractivity contribution is -0.119. The first kappa shape index (κ1) is 20.6. The summed E-state index contributed by atoms with van der Waals surface area (Å²) in [4.78, 5) is 27.3. The Morgan fingerprint density at radius 3 is 2.20 bits per heavy atom. The van der Waals surface area contributed by atoms with Gasteiger partial charge < -0.3 is 16.8 Å². The zero-order valence-electron chi connectivity index (χ0n) is 16.3. The molecule has 0 radical (unpaired) electrons. The van der Waals surface area contributed by atoms with Gasteiger partial charge >= 0.3 is 0 Å². The largest absolute Gasteiger partial charge is 0.398 e. The number of nitrogens with one attached hydrogen (secondary N) is 2. The molecular formula is C23H23N5O2. The highest BCUT2D eigenvalue weighted by molar-refractivity contribution is 6.12. The smallest absolute Gasteiger partial charge is 0.260 e. The summed E-state index contributed by atoms with van der Waals surface area (Å²) in [5.41, 5.74) is 13.9. The number of benzene rings is 3. The maximum Gasteiger partial charge on any atom is 0.260 e. The number of amides is 2. The van der Waals surface area contributed by atoms with Gasteiger partial charge in [-0.2, -0.15) is 0 Å². The van der Waals surface area contributed by atoms with Gasteiger partial charge in [0.05, 0.1) is 5.56 Å². The Balaban J connectivity index is 1.84. The monoisotopic (exact) mass is 401 g/mol. The van der Waals surface area contributed by atoms with Crippen molar-refractivity contribution >= 4 is 29.0 Å². The molecule has 0 heterocycles. The molecule has 0 aliphatic carbocycles. The van der Waals surface area contributed by atoms with E-state index in [1.54, 1.807) is 30.3 Å². The zero-order chi connectivity index (χ0) is 21.5. The van der Waals surface area contributed by atoms with Crippen molar-refractivity contribution in [2.45, 2.75) is 6.54 Å². The first-order valence-corrected chi connectivity index (χ1v) is 9.37. The fraction of sp³-hybridized carbons (Fsp3) is 0.0870. The summed E-state index contributed by atoms with van der Waals surface area (Å²) >= 11 is 0. The van der Waals surface area contributed by atoms with E-state index in [0.717, 1.165) is 5.56 Å². The molecule has 0 atom stereocenters. The van der Waals surface area contributed by atoms with E-state index in [-0.39, 0.29) is 29.5 Å². The topological polar surface area (TPSA) is 125 Å². The third-order valence-electron chi connectivity index (χ3n) is 4.54. The minimum Gasteiger partial charge on any atom is -0.398 e. The molecule has 3 aromatic rings. The predicted molar refractivity (Wildman–Crippen MR) is 118 cm³/mol. The second-order valence-corrected chi connectivity index (χ2v) is 6.70. The third-order valence-corrected chi connectivity index (χ3v) is 4.54. The second kappa shape index (κ2) is 9.38. The first-order chi connectivity index (χ1) is 14.5. The van der Waals surface area contributed by atoms with Crippen LogP contribution in [0.3, 0.4) is 0 Å². The standard InChI is InChI=1S/C23H23N5O2/c24-20-12-11-17(22(25)26)13-19(20)23(30)28(18-9-5-2-6-10-18)15-21(29)27-14-16-7-3-1-4-8-16/h1-13H,14-15,24H2,(H3,25,26)(H,27,29). The molecule has 0 saturated carbocycles. The first-order valence-electron chi connectivity index (χ1n) is 9.37. The maximum absolute atomic E-state index is 13.3. The quantitative estimate of drug-likeness (QED) is 0.276. The van der Waals surface area contributed by atoms with E-state index in [2.05, 4.69) is 5.32 Å². The van der Waals surface area contributed by atoms with Gasteiger partial charge in [0.15, 0.2) is 0 Å². The van der Waals surface area contributed by atoms with Crippen LogP contribution in [0.2, 0.25) is 0 Å². The highest BCUT2D eigenvalue weighted by Gasteiger charge is 2.23. The lowest BCUT2D eigenvalue weighted by Gasteiger charge is -2.23. The Labute approximate surface area is 174 Å². The number of nitrogens with zero attached hydrogens (tertiary/aromatic N) is 1. The van der Waals surface area contributed by atoms with Crippen molar-refractivity contribution in [3.05, 3.63) is 95.6 Å². The Bertz CT molecular complexity index is 1050. The van der Waals surface area contributed by atoms with Crippen LogP contribution in [0.1, 0.15) is 21.5 Å². The van der Waals surface area contributed by atoms with Crippen LogP contribution in [0.4, 0.5) is 11.4 Å². The molecule has 6 N–H and O–H groups in total. The molecule has 152 valence electrons. The van der Waals surface area contributed by atoms with Gasteiger partial charge in [-0.1, -0.05) is 48.5 Å². The highest BCUT2D eigenvalue weighted by Crippen LogP contribution is 2.21. The average molecular weight is 401 g/mol. The molecule has 7 nitrogen and oxygen atoms in total. The van der Waals surface area contributed by atoms with Crippen LogP contribution >= 0.6 is 0 Å². The van der Waals surface area contributed by atoms with Crippen LogP contribution in [0, 0.1) is 5.41 Å². The van der Waals surface area contributed by atoms with Crippen molar-refractivity contribution in [3.63, 3.8) is 0 Å². The molecule has 0 aromatic heterocycles. The van der Waals surface area contributed by atoms with E-state index >= 15 is 0 Å². The molecule has 2 amide bonds. The molecule has 0 aliphatic heterocycles. The van der Waals surface area contributed by atoms with Crippen molar-refractivity contribution in [2.75, 3.05) is 17.2 Å². The summed E-state index contributed by atoms with van der Waals surface area (Å²) in [5, 5.41) is 10.4. The molecule has 3 rings (SSSR count). The fourth-order valence-electron chi connectivity index (χ4n) is 2.94. The number of hydrogen-bond acceptors (Lipinski definition) is 4. The molecule has 0 aliphatic rings. The lowest BCUT2D eigenvalue weighted by Crippen LogP contribution is -2.41. The molecular weight excluding hydrogens is 378 g/mol. The van der Waals surface area contributed by atoms with Crippen LogP contribution in [0.5, 0.6) is 0 Å². The molecule has 0 saturated heterocycles. The third kappa shape index (κ3) is 5.02. The van der Waals surface area contributed by atoms with Crippen LogP contribution in [-0.2, 0) is 11.3 Å². The van der Waals surface area contributed by atoms with E-state index in [1.807, 2.05) is 36.4 Å². The van der Waals surface area contributed by atoms with Gasteiger partial charge in [-0.05, 0) is 35.9 Å². The number of nitrogens with two attached hydrogens (primary N) is 2. The lowest BCUT2D eigenvalue weighted by atomic mass is 10.1. The molecule has 30 heavy (non-hydrogen) atoms. The molecule has 0 unspecified atom stereocenters. The Morgan fingerprint density at radius 2 is 1.57 bits per heavy atom. The minimum absolute atomic E-state index is 0.170. The van der Waals surface area contributed by atoms with Crippen LogP contribution in [-0.4, -0.2) is 24.2 Å². The number of hydrogen-bond donors (Lipinski definition) is 4. The van der Waals surface area contributed by atoms with E-state index in [0.29, 0.717) is 17.8 Å². The van der Waals surface area contributed by atoms with E-state index < -0.39 is 5.91 Å². The number of para-hydroxylation sites is 1. The number of carbonyl (C=O) groups is 2. The van der Waals surface area contributed by atoms with E-state index in [4.69, 9.17) is 16.9 Å². The van der Waals surface area contributed by atoms with Crippen molar-refractivity contribution < 1.29 is 9.59 Å². The normalized spacial score (nSPS) is 10.3. The van der Waals surface area contributed by atoms with Gasteiger partial charge in [-0.3, -0.25) is 19.9 Å². The number of carbonyl (C=O) groups excluding carboxylic acids is 2. The number of nitrogen functional groups attached to an aromatic ring is 2. The van der Waals surface area contributed by atoms with Crippen molar-refractivity contribution in [3.8, 4) is 0 Å². The summed E-state index contributed by atoms with van der Waals surface area (Å²) in [5.74, 6) is -0.926. The SMILES string of the molecule is N=C(N)c1ccc(N)c(C(=O)N(CC(=O)NCc2ccccc2)c2ccccc2)c1. The average Bonchev–Trinajstić information content (AvgIpc) is 2.77. The summed E-state index contributed by atoms with van der Waals surface area (Å²) in [7, 11) is 0. The molecule has 0 bridgehead atoms. The van der Waals surface area contributed by atoms with Crippen molar-refractivity contribution in [1.29, 1.82) is 5.41 Å². The number of amidine groups is 1. The number of rotatable bonds is 7. The van der Waals surface area contributed by atoms with Gasteiger partial charge in [0, 0.05) is 23.5 Å². The van der Waals surface area contributed by atoms with Gasteiger partial charge in [-0.15, -0.1) is 0 Å². The summed E-state index contributed by atoms with van der Waals surface area (Å²) in [6.07, 6.45) is 0. The van der Waals surface area contributed by atoms with E-state index in [9.17, 15) is 9.59 Å². The summed E-state index contributed by atoms with van der Waals surface area (Å²) in [6.45, 7) is 0.178. The molecule has 0 fully saturated rings. The number of anilines is 2. The van der Waals surface area contributed by atoms with Gasteiger partial charge in [0.2, 0.25) is 5.91 Å². The predicted octanol–water partition coefficient (Wildman–Crippen LogP) is 2.52. The summed E-state index contributed by atoms with van der Waals surface area (Å²) in [6, 6.07) is 23.0. The van der Waals surface area contributed by atoms with Gasteiger partial charge in [0.25, 0.3) is 5.91 Å². The van der Waals surface area contributed by atoms with Gasteiger partial charge in [0.1, 0.15) is 12.4 Å². The van der Waals surface area contributed by atoms with E-state index in [1.165, 1.54) is 17.0 Å².